The standard InChI is InChI=1S/C12H10ClNS.C7H8S.C5H3ClFN/c13-11-6-7-12(14-8-11)15-9-10-4-2-1-3-5-10;8-6-7-4-2-1-3-5-7;6-4-1-2-5(7)8-3-4/h1-8H,9H2;1-5,8H,6H2;1-3H. The summed E-state index contributed by atoms with van der Waals surface area (Å²) < 4.78 is 11.9. The second-order valence-electron chi connectivity index (χ2n) is 6.03. The van der Waals surface area contributed by atoms with Crippen molar-refractivity contribution in [2.45, 2.75) is 16.5 Å². The molecule has 0 fully saturated rings. The molecule has 160 valence electrons. The van der Waals surface area contributed by atoms with Crippen LogP contribution < -0.4 is 0 Å². The average Bonchev–Trinajstić information content (AvgIpc) is 2.83. The van der Waals surface area contributed by atoms with Gasteiger partial charge in [0, 0.05) is 23.9 Å². The van der Waals surface area contributed by atoms with Crippen molar-refractivity contribution in [1.82, 2.24) is 9.97 Å². The maximum Gasteiger partial charge on any atom is 0.212 e. The average molecular weight is 491 g/mol. The minimum Gasteiger partial charge on any atom is -0.248 e. The van der Waals surface area contributed by atoms with Gasteiger partial charge in [-0.2, -0.15) is 17.0 Å². The molecule has 0 radical (unpaired) electrons. The molecule has 7 heteroatoms. The first-order valence-electron chi connectivity index (χ1n) is 9.27. The normalized spacial score (nSPS) is 9.68. The third-order valence-corrected chi connectivity index (χ3v) is 5.47. The van der Waals surface area contributed by atoms with Crippen LogP contribution in [0.2, 0.25) is 10.0 Å². The lowest BCUT2D eigenvalue weighted by Gasteiger charge is -2.00. The zero-order chi connectivity index (χ0) is 22.3. The van der Waals surface area contributed by atoms with Crippen molar-refractivity contribution < 1.29 is 4.39 Å². The SMILES string of the molecule is Clc1ccc(SCc2ccccc2)nc1.Fc1ccc(Cl)cn1.SCc1ccccc1. The van der Waals surface area contributed by atoms with Crippen LogP contribution in [0.4, 0.5) is 4.39 Å². The monoisotopic (exact) mass is 490 g/mol. The van der Waals surface area contributed by atoms with Crippen LogP contribution in [0.1, 0.15) is 11.1 Å². The zero-order valence-electron chi connectivity index (χ0n) is 16.5. The molecule has 2 aromatic carbocycles. The predicted octanol–water partition coefficient (Wildman–Crippen LogP) is 8.02. The van der Waals surface area contributed by atoms with E-state index in [1.807, 2.05) is 48.5 Å². The molecule has 0 aliphatic carbocycles. The molecule has 0 saturated carbocycles. The number of hydrogen-bond acceptors (Lipinski definition) is 4. The van der Waals surface area contributed by atoms with E-state index in [2.05, 4.69) is 46.9 Å². The smallest absolute Gasteiger partial charge is 0.212 e. The summed E-state index contributed by atoms with van der Waals surface area (Å²) in [6.45, 7) is 0. The number of thioether (sulfide) groups is 1. The fourth-order valence-corrected chi connectivity index (χ4v) is 3.35. The van der Waals surface area contributed by atoms with Gasteiger partial charge in [0.2, 0.25) is 5.95 Å². The van der Waals surface area contributed by atoms with Gasteiger partial charge >= 0.3 is 0 Å². The molecule has 0 N–H and O–H groups in total. The van der Waals surface area contributed by atoms with Crippen LogP contribution in [0, 0.1) is 5.95 Å². The van der Waals surface area contributed by atoms with E-state index in [1.165, 1.54) is 29.5 Å². The second-order valence-corrected chi connectivity index (χ2v) is 8.22. The van der Waals surface area contributed by atoms with Gasteiger partial charge in [-0.25, -0.2) is 9.97 Å². The topological polar surface area (TPSA) is 25.8 Å². The maximum atomic E-state index is 11.9. The Morgan fingerprint density at radius 3 is 1.68 bits per heavy atom. The highest BCUT2D eigenvalue weighted by Gasteiger charge is 1.97. The van der Waals surface area contributed by atoms with Crippen LogP contribution in [0.15, 0.2) is 102 Å². The number of benzene rings is 2. The summed E-state index contributed by atoms with van der Waals surface area (Å²) in [5.74, 6) is 1.27. The molecular formula is C24H21Cl2FN2S2. The van der Waals surface area contributed by atoms with Crippen molar-refractivity contribution in [1.29, 1.82) is 0 Å². The Bertz CT molecular complexity index is 966. The number of thiol groups is 1. The molecule has 2 aromatic heterocycles. The van der Waals surface area contributed by atoms with Crippen molar-refractivity contribution in [2.24, 2.45) is 0 Å². The summed E-state index contributed by atoms with van der Waals surface area (Å²) in [6.07, 6.45) is 2.94. The van der Waals surface area contributed by atoms with Crippen molar-refractivity contribution >= 4 is 47.6 Å². The molecule has 4 rings (SSSR count). The molecule has 0 unspecified atom stereocenters. The van der Waals surface area contributed by atoms with Gasteiger partial charge in [-0.1, -0.05) is 83.9 Å². The molecule has 2 heterocycles. The van der Waals surface area contributed by atoms with Crippen molar-refractivity contribution in [3.63, 3.8) is 0 Å². The van der Waals surface area contributed by atoms with Crippen LogP contribution >= 0.6 is 47.6 Å². The minimum absolute atomic E-state index is 0.450. The van der Waals surface area contributed by atoms with E-state index in [0.29, 0.717) is 10.0 Å². The summed E-state index contributed by atoms with van der Waals surface area (Å²) in [5, 5.41) is 2.13. The third-order valence-electron chi connectivity index (χ3n) is 3.65. The number of pyridine rings is 2. The van der Waals surface area contributed by atoms with E-state index in [0.717, 1.165) is 16.5 Å². The van der Waals surface area contributed by atoms with E-state index in [1.54, 1.807) is 18.0 Å². The number of hydrogen-bond donors (Lipinski definition) is 1. The molecule has 0 aliphatic heterocycles. The highest BCUT2D eigenvalue weighted by molar-refractivity contribution is 7.98. The zero-order valence-corrected chi connectivity index (χ0v) is 19.8. The van der Waals surface area contributed by atoms with E-state index < -0.39 is 5.95 Å². The Morgan fingerprint density at radius 1 is 0.710 bits per heavy atom. The van der Waals surface area contributed by atoms with Gasteiger partial charge in [-0.15, -0.1) is 11.8 Å². The minimum atomic E-state index is -0.505. The van der Waals surface area contributed by atoms with Gasteiger partial charge in [-0.3, -0.25) is 0 Å². The van der Waals surface area contributed by atoms with E-state index in [4.69, 9.17) is 23.2 Å². The first kappa shape index (κ1) is 25.2. The van der Waals surface area contributed by atoms with Gasteiger partial charge in [0.25, 0.3) is 0 Å². The molecule has 0 spiro atoms. The van der Waals surface area contributed by atoms with Crippen LogP contribution in [0.25, 0.3) is 0 Å². The van der Waals surface area contributed by atoms with Crippen molar-refractivity contribution in [2.75, 3.05) is 0 Å². The number of nitrogens with zero attached hydrogens (tertiary/aromatic N) is 2. The van der Waals surface area contributed by atoms with E-state index in [-0.39, 0.29) is 0 Å². The quantitative estimate of drug-likeness (QED) is 0.178. The highest BCUT2D eigenvalue weighted by atomic mass is 35.5. The lowest BCUT2D eigenvalue weighted by molar-refractivity contribution is 0.584. The number of aromatic nitrogens is 2. The summed E-state index contributed by atoms with van der Waals surface area (Å²) in [4.78, 5) is 7.50. The van der Waals surface area contributed by atoms with Crippen LogP contribution in [0.3, 0.4) is 0 Å². The van der Waals surface area contributed by atoms with E-state index in [9.17, 15) is 4.39 Å². The first-order valence-corrected chi connectivity index (χ1v) is 11.6. The Hall–Kier alpha value is -2.05. The fourth-order valence-electron chi connectivity index (χ4n) is 2.12. The maximum absolute atomic E-state index is 11.9. The number of halogens is 3. The number of rotatable bonds is 4. The lowest BCUT2D eigenvalue weighted by atomic mass is 10.2. The molecule has 0 saturated heterocycles. The van der Waals surface area contributed by atoms with Crippen molar-refractivity contribution in [3.05, 3.63) is 124 Å². The Morgan fingerprint density at radius 2 is 1.26 bits per heavy atom. The van der Waals surface area contributed by atoms with Crippen LogP contribution in [-0.2, 0) is 11.5 Å². The Balaban J connectivity index is 0.000000181. The van der Waals surface area contributed by atoms with Gasteiger partial charge in [0.05, 0.1) is 15.1 Å². The van der Waals surface area contributed by atoms with Gasteiger partial charge < -0.3 is 0 Å². The molecule has 0 atom stereocenters. The fraction of sp³-hybridized carbons (Fsp3) is 0.0833. The third kappa shape index (κ3) is 11.2. The molecule has 0 aliphatic rings. The van der Waals surface area contributed by atoms with Crippen LogP contribution in [-0.4, -0.2) is 9.97 Å². The largest absolute Gasteiger partial charge is 0.248 e. The molecule has 31 heavy (non-hydrogen) atoms. The van der Waals surface area contributed by atoms with Crippen LogP contribution in [0.5, 0.6) is 0 Å². The molecule has 4 aromatic rings. The van der Waals surface area contributed by atoms with E-state index >= 15 is 0 Å². The van der Waals surface area contributed by atoms with Crippen molar-refractivity contribution in [3.8, 4) is 0 Å². The predicted molar refractivity (Wildman–Crippen MR) is 134 cm³/mol. The van der Waals surface area contributed by atoms with Gasteiger partial charge in [0.15, 0.2) is 0 Å². The summed E-state index contributed by atoms with van der Waals surface area (Å²) >= 11 is 17.0. The molecular weight excluding hydrogens is 470 g/mol. The van der Waals surface area contributed by atoms with Gasteiger partial charge in [-0.05, 0) is 35.4 Å². The molecule has 0 bridgehead atoms. The first-order chi connectivity index (χ1) is 15.1. The highest BCUT2D eigenvalue weighted by Crippen LogP contribution is 2.21. The van der Waals surface area contributed by atoms with Gasteiger partial charge in [0.1, 0.15) is 0 Å². The Kier molecular flexibility index (Phi) is 12.1. The summed E-state index contributed by atoms with van der Waals surface area (Å²) in [5.41, 5.74) is 2.58. The molecule has 0 amide bonds. The molecule has 2 nitrogen and oxygen atoms in total. The summed E-state index contributed by atoms with van der Waals surface area (Å²) in [7, 11) is 0. The summed E-state index contributed by atoms with van der Waals surface area (Å²) in [6, 6.07) is 27.0. The lowest BCUT2D eigenvalue weighted by Crippen LogP contribution is -1.82. The Labute approximate surface area is 202 Å². The second kappa shape index (κ2) is 14.9.